The van der Waals surface area contributed by atoms with E-state index in [1.165, 1.54) is 21.0 Å². The SMILES string of the molecule is c1ccc(-c2cccc(-n3c4ccccc4c4c(-c5ccncc5)cc(-c5nc6ccccc6s5)cc43)c2)nc1. The molecule has 0 bridgehead atoms. The third-order valence-corrected chi connectivity index (χ3v) is 8.46. The molecule has 0 atom stereocenters. The Hall–Kier alpha value is -5.13. The lowest BCUT2D eigenvalue weighted by molar-refractivity contribution is 1.18. The second kappa shape index (κ2) is 9.26. The molecular weight excluding hydrogens is 508 g/mol. The van der Waals surface area contributed by atoms with Gasteiger partial charge in [0.05, 0.1) is 26.9 Å². The maximum Gasteiger partial charge on any atom is 0.124 e. The molecule has 4 aromatic heterocycles. The van der Waals surface area contributed by atoms with Crippen LogP contribution in [0.25, 0.3) is 70.7 Å². The Labute approximate surface area is 234 Å². The Bertz CT molecular complexity index is 2130. The first-order valence-electron chi connectivity index (χ1n) is 13.2. The fourth-order valence-corrected chi connectivity index (χ4v) is 6.54. The summed E-state index contributed by atoms with van der Waals surface area (Å²) in [5, 5.41) is 3.44. The molecule has 0 aliphatic rings. The molecule has 4 nitrogen and oxygen atoms in total. The average Bonchev–Trinajstić information content (AvgIpc) is 3.61. The zero-order valence-corrected chi connectivity index (χ0v) is 22.2. The fraction of sp³-hybridized carbons (Fsp3) is 0. The van der Waals surface area contributed by atoms with Crippen LogP contribution in [0.1, 0.15) is 0 Å². The minimum Gasteiger partial charge on any atom is -0.309 e. The topological polar surface area (TPSA) is 43.6 Å². The van der Waals surface area contributed by atoms with E-state index in [9.17, 15) is 0 Å². The Balaban J connectivity index is 1.47. The molecule has 0 saturated carbocycles. The van der Waals surface area contributed by atoms with E-state index in [2.05, 4.69) is 112 Å². The van der Waals surface area contributed by atoms with Crippen molar-refractivity contribution in [2.45, 2.75) is 0 Å². The van der Waals surface area contributed by atoms with Gasteiger partial charge in [0.25, 0.3) is 0 Å². The van der Waals surface area contributed by atoms with Crippen molar-refractivity contribution in [2.24, 2.45) is 0 Å². The number of fused-ring (bicyclic) bond motifs is 4. The van der Waals surface area contributed by atoms with Gasteiger partial charge in [0.15, 0.2) is 0 Å². The molecule has 0 spiro atoms. The van der Waals surface area contributed by atoms with Crippen LogP contribution < -0.4 is 0 Å². The highest BCUT2D eigenvalue weighted by molar-refractivity contribution is 7.21. The van der Waals surface area contributed by atoms with Gasteiger partial charge in [0.1, 0.15) is 5.01 Å². The molecule has 0 saturated heterocycles. The standard InChI is InChI=1S/C35H22N4S/c1-3-13-31-27(10-1)34-28(23-15-18-36-19-16-23)21-25(35-38-30-12-2-4-14-33(30)40-35)22-32(34)39(31)26-9-7-8-24(20-26)29-11-5-6-17-37-29/h1-22H. The minimum atomic E-state index is 0.956. The lowest BCUT2D eigenvalue weighted by atomic mass is 9.98. The molecule has 5 heteroatoms. The number of benzene rings is 4. The zero-order valence-electron chi connectivity index (χ0n) is 21.4. The molecule has 0 radical (unpaired) electrons. The van der Waals surface area contributed by atoms with Gasteiger partial charge in [0, 0.05) is 46.2 Å². The molecule has 0 fully saturated rings. The Kier molecular flexibility index (Phi) is 5.28. The van der Waals surface area contributed by atoms with Crippen molar-refractivity contribution >= 4 is 43.4 Å². The summed E-state index contributed by atoms with van der Waals surface area (Å²) in [5.41, 5.74) is 9.87. The first-order valence-corrected chi connectivity index (χ1v) is 14.0. The van der Waals surface area contributed by atoms with Gasteiger partial charge in [-0.1, -0.05) is 48.5 Å². The molecule has 0 aliphatic heterocycles. The largest absolute Gasteiger partial charge is 0.309 e. The number of para-hydroxylation sites is 2. The first-order chi connectivity index (χ1) is 19.8. The highest BCUT2D eigenvalue weighted by Gasteiger charge is 2.19. The van der Waals surface area contributed by atoms with Crippen molar-refractivity contribution < 1.29 is 0 Å². The Morgan fingerprint density at radius 2 is 1.45 bits per heavy atom. The second-order valence-corrected chi connectivity index (χ2v) is 10.8. The second-order valence-electron chi connectivity index (χ2n) is 9.76. The van der Waals surface area contributed by atoms with Gasteiger partial charge in [0.2, 0.25) is 0 Å². The van der Waals surface area contributed by atoms with E-state index in [1.807, 2.05) is 36.8 Å². The lowest BCUT2D eigenvalue weighted by Gasteiger charge is -2.12. The monoisotopic (exact) mass is 530 g/mol. The molecule has 0 N–H and O–H groups in total. The summed E-state index contributed by atoms with van der Waals surface area (Å²) in [5.74, 6) is 0. The van der Waals surface area contributed by atoms with Crippen molar-refractivity contribution in [2.75, 3.05) is 0 Å². The molecule has 8 aromatic rings. The summed E-state index contributed by atoms with van der Waals surface area (Å²) in [4.78, 5) is 13.9. The number of thiazole rings is 1. The molecule has 188 valence electrons. The van der Waals surface area contributed by atoms with E-state index >= 15 is 0 Å². The molecule has 4 heterocycles. The van der Waals surface area contributed by atoms with Crippen LogP contribution in [0.2, 0.25) is 0 Å². The predicted molar refractivity (Wildman–Crippen MR) is 166 cm³/mol. The predicted octanol–water partition coefficient (Wildman–Crippen LogP) is 9.18. The fourth-order valence-electron chi connectivity index (χ4n) is 5.59. The lowest BCUT2D eigenvalue weighted by Crippen LogP contribution is -1.95. The quantitative estimate of drug-likeness (QED) is 0.228. The van der Waals surface area contributed by atoms with E-state index < -0.39 is 0 Å². The number of rotatable bonds is 4. The summed E-state index contributed by atoms with van der Waals surface area (Å²) in [6.45, 7) is 0. The minimum absolute atomic E-state index is 0.956. The Morgan fingerprint density at radius 3 is 2.33 bits per heavy atom. The number of aromatic nitrogens is 4. The van der Waals surface area contributed by atoms with E-state index in [-0.39, 0.29) is 0 Å². The van der Waals surface area contributed by atoms with Gasteiger partial charge in [-0.05, 0) is 77.9 Å². The molecule has 0 amide bonds. The smallest absolute Gasteiger partial charge is 0.124 e. The van der Waals surface area contributed by atoms with Crippen LogP contribution in [0.5, 0.6) is 0 Å². The highest BCUT2D eigenvalue weighted by atomic mass is 32.1. The van der Waals surface area contributed by atoms with Crippen LogP contribution in [0.3, 0.4) is 0 Å². The summed E-state index contributed by atoms with van der Waals surface area (Å²) >= 11 is 1.73. The van der Waals surface area contributed by atoms with E-state index in [1.54, 1.807) is 11.3 Å². The zero-order chi connectivity index (χ0) is 26.5. The summed E-state index contributed by atoms with van der Waals surface area (Å²) in [7, 11) is 0. The van der Waals surface area contributed by atoms with Gasteiger partial charge in [-0.3, -0.25) is 9.97 Å². The number of nitrogens with zero attached hydrogens (tertiary/aromatic N) is 4. The van der Waals surface area contributed by atoms with Gasteiger partial charge in [-0.15, -0.1) is 11.3 Å². The summed E-state index contributed by atoms with van der Waals surface area (Å²) in [6, 6.07) is 40.4. The van der Waals surface area contributed by atoms with Crippen LogP contribution in [0.4, 0.5) is 0 Å². The number of hydrogen-bond acceptors (Lipinski definition) is 4. The van der Waals surface area contributed by atoms with E-state index in [0.29, 0.717) is 0 Å². The normalized spacial score (nSPS) is 11.5. The third-order valence-electron chi connectivity index (χ3n) is 7.37. The summed E-state index contributed by atoms with van der Waals surface area (Å²) in [6.07, 6.45) is 5.57. The van der Waals surface area contributed by atoms with Crippen LogP contribution >= 0.6 is 11.3 Å². The molecule has 40 heavy (non-hydrogen) atoms. The van der Waals surface area contributed by atoms with Gasteiger partial charge < -0.3 is 4.57 Å². The Morgan fingerprint density at radius 1 is 0.600 bits per heavy atom. The first kappa shape index (κ1) is 22.8. The van der Waals surface area contributed by atoms with Gasteiger partial charge in [-0.25, -0.2) is 4.98 Å². The van der Waals surface area contributed by atoms with Crippen molar-refractivity contribution in [3.05, 3.63) is 134 Å². The third kappa shape index (κ3) is 3.71. The molecule has 8 rings (SSSR count). The van der Waals surface area contributed by atoms with Crippen LogP contribution in [0.15, 0.2) is 134 Å². The molecule has 0 aliphatic carbocycles. The van der Waals surface area contributed by atoms with Crippen molar-refractivity contribution in [1.29, 1.82) is 0 Å². The summed E-state index contributed by atoms with van der Waals surface area (Å²) < 4.78 is 3.56. The maximum absolute atomic E-state index is 5.02. The van der Waals surface area contributed by atoms with Gasteiger partial charge >= 0.3 is 0 Å². The highest BCUT2D eigenvalue weighted by Crippen LogP contribution is 2.42. The van der Waals surface area contributed by atoms with Crippen molar-refractivity contribution in [3.63, 3.8) is 0 Å². The average molecular weight is 531 g/mol. The van der Waals surface area contributed by atoms with Crippen LogP contribution in [0, 0.1) is 0 Å². The maximum atomic E-state index is 5.02. The van der Waals surface area contributed by atoms with Crippen molar-refractivity contribution in [3.8, 4) is 38.6 Å². The number of hydrogen-bond donors (Lipinski definition) is 0. The van der Waals surface area contributed by atoms with Gasteiger partial charge in [-0.2, -0.15) is 0 Å². The number of pyridine rings is 2. The van der Waals surface area contributed by atoms with Crippen LogP contribution in [-0.4, -0.2) is 19.5 Å². The molecule has 0 unspecified atom stereocenters. The molecular formula is C35H22N4S. The van der Waals surface area contributed by atoms with Crippen LogP contribution in [-0.2, 0) is 0 Å². The van der Waals surface area contributed by atoms with Crippen molar-refractivity contribution in [1.82, 2.24) is 19.5 Å². The van der Waals surface area contributed by atoms with E-state index in [0.717, 1.165) is 49.6 Å². The van der Waals surface area contributed by atoms with E-state index in [4.69, 9.17) is 4.98 Å². The molecule has 4 aromatic carbocycles.